The average molecular weight is 247 g/mol. The van der Waals surface area contributed by atoms with Crippen LogP contribution >= 0.6 is 11.3 Å². The van der Waals surface area contributed by atoms with Crippen LogP contribution in [0.3, 0.4) is 0 Å². The fourth-order valence-electron chi connectivity index (χ4n) is 0.960. The van der Waals surface area contributed by atoms with E-state index >= 15 is 0 Å². The van der Waals surface area contributed by atoms with Crippen molar-refractivity contribution in [1.82, 2.24) is 0 Å². The van der Waals surface area contributed by atoms with Crippen molar-refractivity contribution in [1.29, 1.82) is 0 Å². The maximum atomic E-state index is 11.5. The second kappa shape index (κ2) is 4.73. The largest absolute Gasteiger partial charge is 0.611 e. The first-order valence-electron chi connectivity index (χ1n) is 4.15. The molecular weight excluding hydrogens is 238 g/mol. The van der Waals surface area contributed by atoms with Gasteiger partial charge < -0.3 is 4.55 Å². The predicted molar refractivity (Wildman–Crippen MR) is 57.9 cm³/mol. The van der Waals surface area contributed by atoms with E-state index in [0.29, 0.717) is 5.75 Å². The lowest BCUT2D eigenvalue weighted by atomic mass is 10.3. The maximum Gasteiger partial charge on any atom is 0.336 e. The molecule has 82 valence electrons. The number of nitro groups is 1. The molecule has 0 fully saturated rings. The van der Waals surface area contributed by atoms with E-state index in [9.17, 15) is 19.5 Å². The zero-order valence-electron chi connectivity index (χ0n) is 8.18. The summed E-state index contributed by atoms with van der Waals surface area (Å²) in [5.41, 5.74) is -0.217. The van der Waals surface area contributed by atoms with Crippen molar-refractivity contribution >= 4 is 34.0 Å². The quantitative estimate of drug-likeness (QED) is 0.352. The molecule has 0 aliphatic heterocycles. The Morgan fingerprint density at radius 3 is 2.67 bits per heavy atom. The standard InChI is InChI=1S/C8H9NO4S2/c1-3-15(13)8-6(9(11)12)4-7(14-8)5(2)10/h4H,3H2,1-2H3. The summed E-state index contributed by atoms with van der Waals surface area (Å²) in [6.45, 7) is 3.00. The lowest BCUT2D eigenvalue weighted by Gasteiger charge is -2.03. The number of thiophene rings is 1. The van der Waals surface area contributed by atoms with E-state index in [-0.39, 0.29) is 20.6 Å². The van der Waals surface area contributed by atoms with Crippen molar-refractivity contribution < 1.29 is 14.3 Å². The van der Waals surface area contributed by atoms with Crippen LogP contribution in [0.2, 0.25) is 0 Å². The van der Waals surface area contributed by atoms with Gasteiger partial charge in [0.25, 0.3) is 4.21 Å². The number of Topliss-reactive ketones (excluding diaryl/α,β-unsaturated/α-hetero) is 1. The van der Waals surface area contributed by atoms with Gasteiger partial charge in [-0.25, -0.2) is 0 Å². The van der Waals surface area contributed by atoms with Crippen molar-refractivity contribution in [2.24, 2.45) is 0 Å². The molecule has 1 unspecified atom stereocenters. The Bertz CT molecular complexity index is 401. The third-order valence-electron chi connectivity index (χ3n) is 1.69. The molecule has 0 saturated heterocycles. The summed E-state index contributed by atoms with van der Waals surface area (Å²) >= 11 is -0.456. The van der Waals surface area contributed by atoms with E-state index in [1.165, 1.54) is 13.0 Å². The Morgan fingerprint density at radius 2 is 2.27 bits per heavy atom. The summed E-state index contributed by atoms with van der Waals surface area (Å²) in [4.78, 5) is 21.3. The maximum absolute atomic E-state index is 11.5. The van der Waals surface area contributed by atoms with E-state index in [4.69, 9.17) is 0 Å². The summed E-state index contributed by atoms with van der Waals surface area (Å²) in [6.07, 6.45) is 0. The van der Waals surface area contributed by atoms with Gasteiger partial charge in [0.15, 0.2) is 5.78 Å². The zero-order valence-corrected chi connectivity index (χ0v) is 9.81. The minimum absolute atomic E-state index is 0.174. The topological polar surface area (TPSA) is 83.3 Å². The molecule has 0 bridgehead atoms. The summed E-state index contributed by atoms with van der Waals surface area (Å²) in [7, 11) is 0. The molecule has 0 aromatic carbocycles. The molecule has 0 radical (unpaired) electrons. The van der Waals surface area contributed by atoms with Crippen molar-refractivity contribution in [2.45, 2.75) is 18.1 Å². The molecule has 5 nitrogen and oxygen atoms in total. The SMILES string of the molecule is CC[S+]([O-])c1sc(C(C)=O)cc1[N+](=O)[O-]. The normalized spacial score (nSPS) is 12.5. The smallest absolute Gasteiger partial charge is 0.336 e. The molecule has 1 aromatic heterocycles. The highest BCUT2D eigenvalue weighted by molar-refractivity contribution is 7.93. The van der Waals surface area contributed by atoms with Gasteiger partial charge in [-0.15, -0.1) is 0 Å². The highest BCUT2D eigenvalue weighted by atomic mass is 32.2. The van der Waals surface area contributed by atoms with Crippen molar-refractivity contribution in [2.75, 3.05) is 5.75 Å². The number of nitrogens with zero attached hydrogens (tertiary/aromatic N) is 1. The molecule has 0 aliphatic carbocycles. The molecule has 7 heteroatoms. The highest BCUT2D eigenvalue weighted by Gasteiger charge is 2.29. The third kappa shape index (κ3) is 2.55. The molecule has 0 N–H and O–H groups in total. The second-order valence-corrected chi connectivity index (χ2v) is 5.72. The van der Waals surface area contributed by atoms with Crippen LogP contribution in [0.4, 0.5) is 5.69 Å². The molecule has 1 atom stereocenters. The second-order valence-electron chi connectivity index (χ2n) is 2.73. The van der Waals surface area contributed by atoms with E-state index < -0.39 is 16.1 Å². The first-order chi connectivity index (χ1) is 6.97. The fraction of sp³-hybridized carbons (Fsp3) is 0.375. The molecule has 0 aliphatic rings. The number of hydrogen-bond donors (Lipinski definition) is 0. The van der Waals surface area contributed by atoms with Gasteiger partial charge in [-0.1, -0.05) is 11.3 Å². The molecule has 1 rings (SSSR count). The van der Waals surface area contributed by atoms with E-state index in [2.05, 4.69) is 0 Å². The number of carbonyl (C=O) groups excluding carboxylic acids is 1. The Balaban J connectivity index is 3.23. The Labute approximate surface area is 93.4 Å². The molecule has 0 amide bonds. The molecule has 0 spiro atoms. The predicted octanol–water partition coefficient (Wildman–Crippen LogP) is 1.99. The molecule has 0 saturated carbocycles. The van der Waals surface area contributed by atoms with E-state index in [0.717, 1.165) is 11.3 Å². The molecule has 15 heavy (non-hydrogen) atoms. The van der Waals surface area contributed by atoms with Crippen LogP contribution in [0.25, 0.3) is 0 Å². The average Bonchev–Trinajstić information content (AvgIpc) is 2.61. The minimum atomic E-state index is -1.39. The van der Waals surface area contributed by atoms with Crippen LogP contribution in [-0.4, -0.2) is 21.0 Å². The van der Waals surface area contributed by atoms with E-state index in [1.807, 2.05) is 0 Å². The molecular formula is C8H9NO4S2. The van der Waals surface area contributed by atoms with Crippen LogP contribution in [0.15, 0.2) is 10.3 Å². The lowest BCUT2D eigenvalue weighted by molar-refractivity contribution is -0.387. The first-order valence-corrected chi connectivity index (χ1v) is 6.28. The number of rotatable bonds is 4. The highest BCUT2D eigenvalue weighted by Crippen LogP contribution is 2.34. The summed E-state index contributed by atoms with van der Waals surface area (Å²) in [5.74, 6) is 0.0565. The van der Waals surface area contributed by atoms with Crippen LogP contribution in [-0.2, 0) is 11.2 Å². The van der Waals surface area contributed by atoms with Gasteiger partial charge in [-0.05, 0) is 13.8 Å². The van der Waals surface area contributed by atoms with Crippen LogP contribution in [0, 0.1) is 10.1 Å². The van der Waals surface area contributed by atoms with Gasteiger partial charge >= 0.3 is 5.69 Å². The van der Waals surface area contributed by atoms with Crippen molar-refractivity contribution in [3.8, 4) is 0 Å². The summed E-state index contributed by atoms with van der Waals surface area (Å²) in [5, 5.41) is 10.6. The summed E-state index contributed by atoms with van der Waals surface area (Å²) in [6, 6.07) is 1.19. The molecule has 1 aromatic rings. The van der Waals surface area contributed by atoms with E-state index in [1.54, 1.807) is 6.92 Å². The van der Waals surface area contributed by atoms with Crippen LogP contribution in [0.5, 0.6) is 0 Å². The Kier molecular flexibility index (Phi) is 3.83. The van der Waals surface area contributed by atoms with Crippen LogP contribution in [0.1, 0.15) is 23.5 Å². The van der Waals surface area contributed by atoms with Gasteiger partial charge in [0.05, 0.1) is 9.80 Å². The Morgan fingerprint density at radius 1 is 1.67 bits per heavy atom. The third-order valence-corrected chi connectivity index (χ3v) is 4.67. The zero-order chi connectivity index (χ0) is 11.6. The van der Waals surface area contributed by atoms with Gasteiger partial charge in [0.1, 0.15) is 5.75 Å². The summed E-state index contributed by atoms with van der Waals surface area (Å²) < 4.78 is 11.7. The number of hydrogen-bond acceptors (Lipinski definition) is 5. The van der Waals surface area contributed by atoms with Crippen LogP contribution < -0.4 is 0 Å². The number of carbonyl (C=O) groups is 1. The fourth-order valence-corrected chi connectivity index (χ4v) is 3.34. The molecule has 1 heterocycles. The minimum Gasteiger partial charge on any atom is -0.611 e. The van der Waals surface area contributed by atoms with Gasteiger partial charge in [-0.3, -0.25) is 14.9 Å². The first kappa shape index (κ1) is 12.2. The Hall–Kier alpha value is -0.920. The van der Waals surface area contributed by atoms with Crippen molar-refractivity contribution in [3.63, 3.8) is 0 Å². The monoisotopic (exact) mass is 247 g/mol. The van der Waals surface area contributed by atoms with Gasteiger partial charge in [0.2, 0.25) is 0 Å². The number of ketones is 1. The van der Waals surface area contributed by atoms with Gasteiger partial charge in [-0.2, -0.15) is 0 Å². The lowest BCUT2D eigenvalue weighted by Crippen LogP contribution is -2.03. The van der Waals surface area contributed by atoms with Gasteiger partial charge in [0, 0.05) is 17.2 Å². The van der Waals surface area contributed by atoms with Crippen molar-refractivity contribution in [3.05, 3.63) is 21.1 Å².